The number of hydrogen-bond acceptors (Lipinski definition) is 5. The third-order valence-corrected chi connectivity index (χ3v) is 6.26. The van der Waals surface area contributed by atoms with Crippen LogP contribution in [0, 0.1) is 5.41 Å². The van der Waals surface area contributed by atoms with Gasteiger partial charge in [0.05, 0.1) is 12.6 Å². The average Bonchev–Trinajstić information content (AvgIpc) is 2.74. The van der Waals surface area contributed by atoms with Crippen LogP contribution in [0.5, 0.6) is 0 Å². The molecule has 2 fully saturated rings. The van der Waals surface area contributed by atoms with E-state index in [0.29, 0.717) is 32.5 Å². The van der Waals surface area contributed by atoms with Gasteiger partial charge in [-0.25, -0.2) is 4.79 Å². The average molecular weight is 433 g/mol. The Morgan fingerprint density at radius 2 is 1.90 bits per heavy atom. The largest absolute Gasteiger partial charge is 0.465 e. The molecule has 0 aliphatic carbocycles. The summed E-state index contributed by atoms with van der Waals surface area (Å²) in [6, 6.07) is 9.82. The van der Waals surface area contributed by atoms with Crippen LogP contribution in [0.25, 0.3) is 0 Å². The predicted molar refractivity (Wildman–Crippen MR) is 118 cm³/mol. The number of hydrogen-bond donors (Lipinski definition) is 4. The SMILES string of the molecule is CC(C)(C)C1CC(NC(=O)[C@@H]2CC[C@@H](NOCc3ccccc3)CN2)CCN1C(=O)O. The molecule has 8 nitrogen and oxygen atoms in total. The van der Waals surface area contributed by atoms with Crippen molar-refractivity contribution in [3.8, 4) is 0 Å². The van der Waals surface area contributed by atoms with Crippen molar-refractivity contribution in [1.82, 2.24) is 21.0 Å². The second kappa shape index (κ2) is 10.4. The van der Waals surface area contributed by atoms with Crippen LogP contribution in [0.15, 0.2) is 30.3 Å². The molecule has 2 saturated heterocycles. The highest BCUT2D eigenvalue weighted by Gasteiger charge is 2.39. The van der Waals surface area contributed by atoms with E-state index in [1.807, 2.05) is 51.1 Å². The molecule has 0 saturated carbocycles. The highest BCUT2D eigenvalue weighted by Crippen LogP contribution is 2.32. The quantitative estimate of drug-likeness (QED) is 0.515. The number of carboxylic acid groups (broad SMARTS) is 1. The van der Waals surface area contributed by atoms with Crippen LogP contribution in [-0.4, -0.2) is 59.3 Å². The molecule has 0 spiro atoms. The summed E-state index contributed by atoms with van der Waals surface area (Å²) < 4.78 is 0. The Hall–Kier alpha value is -2.16. The van der Waals surface area contributed by atoms with Gasteiger partial charge in [-0.1, -0.05) is 51.1 Å². The van der Waals surface area contributed by atoms with Crippen LogP contribution in [0.1, 0.15) is 52.0 Å². The molecule has 2 aliphatic heterocycles. The van der Waals surface area contributed by atoms with Crippen LogP contribution in [0.4, 0.5) is 4.79 Å². The molecular weight excluding hydrogens is 396 g/mol. The lowest BCUT2D eigenvalue weighted by Crippen LogP contribution is -2.59. The number of rotatable bonds is 6. The predicted octanol–water partition coefficient (Wildman–Crippen LogP) is 2.50. The topological polar surface area (TPSA) is 103 Å². The molecule has 31 heavy (non-hydrogen) atoms. The van der Waals surface area contributed by atoms with Crippen molar-refractivity contribution in [1.29, 1.82) is 0 Å². The van der Waals surface area contributed by atoms with Crippen LogP contribution in [0.3, 0.4) is 0 Å². The van der Waals surface area contributed by atoms with Crippen molar-refractivity contribution in [2.75, 3.05) is 13.1 Å². The fourth-order valence-electron chi connectivity index (χ4n) is 4.45. The molecule has 2 aliphatic rings. The molecule has 4 N–H and O–H groups in total. The highest BCUT2D eigenvalue weighted by atomic mass is 16.6. The van der Waals surface area contributed by atoms with Crippen molar-refractivity contribution < 1.29 is 19.5 Å². The van der Waals surface area contributed by atoms with Gasteiger partial charge >= 0.3 is 6.09 Å². The maximum absolute atomic E-state index is 12.8. The van der Waals surface area contributed by atoms with Crippen molar-refractivity contribution in [2.45, 2.75) is 77.2 Å². The van der Waals surface area contributed by atoms with E-state index in [4.69, 9.17) is 4.84 Å². The van der Waals surface area contributed by atoms with Gasteiger partial charge in [0.2, 0.25) is 5.91 Å². The molecule has 2 heterocycles. The van der Waals surface area contributed by atoms with Gasteiger partial charge in [0.1, 0.15) is 0 Å². The Bertz CT molecular complexity index is 729. The summed E-state index contributed by atoms with van der Waals surface area (Å²) in [7, 11) is 0. The lowest BCUT2D eigenvalue weighted by Gasteiger charge is -2.45. The van der Waals surface area contributed by atoms with E-state index in [2.05, 4.69) is 16.1 Å². The molecule has 0 aromatic heterocycles. The van der Waals surface area contributed by atoms with Crippen LogP contribution >= 0.6 is 0 Å². The molecule has 0 radical (unpaired) electrons. The number of piperidine rings is 2. The smallest absolute Gasteiger partial charge is 0.407 e. The van der Waals surface area contributed by atoms with Gasteiger partial charge in [0.25, 0.3) is 0 Å². The first-order valence-corrected chi connectivity index (χ1v) is 11.2. The number of amides is 2. The summed E-state index contributed by atoms with van der Waals surface area (Å²) in [5, 5.41) is 16.0. The lowest BCUT2D eigenvalue weighted by molar-refractivity contribution is -0.125. The molecule has 1 aromatic rings. The summed E-state index contributed by atoms with van der Waals surface area (Å²) in [6.07, 6.45) is 1.99. The Labute approximate surface area is 184 Å². The van der Waals surface area contributed by atoms with Crippen molar-refractivity contribution in [2.24, 2.45) is 5.41 Å². The van der Waals surface area contributed by atoms with Gasteiger partial charge in [-0.15, -0.1) is 0 Å². The standard InChI is InChI=1S/C23H36N4O4/c1-23(2,3)20-13-17(11-12-27(20)22(29)30)25-21(28)19-10-9-18(14-24-19)26-31-15-16-7-5-4-6-8-16/h4-8,17-20,24,26H,9-15H2,1-3H3,(H,25,28)(H,29,30)/t17?,18-,19+,20?/m1/s1. The molecule has 1 aromatic carbocycles. The van der Waals surface area contributed by atoms with E-state index in [1.165, 1.54) is 4.90 Å². The fraction of sp³-hybridized carbons (Fsp3) is 0.652. The van der Waals surface area contributed by atoms with Gasteiger partial charge in [0.15, 0.2) is 0 Å². The Kier molecular flexibility index (Phi) is 7.91. The first-order valence-electron chi connectivity index (χ1n) is 11.2. The number of carbonyl (C=O) groups excluding carboxylic acids is 1. The third kappa shape index (κ3) is 6.66. The van der Waals surface area contributed by atoms with E-state index in [-0.39, 0.29) is 35.5 Å². The number of nitrogens with one attached hydrogen (secondary N) is 3. The zero-order valence-corrected chi connectivity index (χ0v) is 18.8. The summed E-state index contributed by atoms with van der Waals surface area (Å²) in [5.74, 6) is 0.00471. The molecule has 0 bridgehead atoms. The van der Waals surface area contributed by atoms with E-state index in [0.717, 1.165) is 18.4 Å². The molecule has 2 amide bonds. The Morgan fingerprint density at radius 3 is 2.52 bits per heavy atom. The first kappa shape index (κ1) is 23.5. The maximum Gasteiger partial charge on any atom is 0.407 e. The van der Waals surface area contributed by atoms with Crippen molar-refractivity contribution in [3.05, 3.63) is 35.9 Å². The fourth-order valence-corrected chi connectivity index (χ4v) is 4.45. The lowest BCUT2D eigenvalue weighted by atomic mass is 9.79. The molecule has 172 valence electrons. The summed E-state index contributed by atoms with van der Waals surface area (Å²) in [5.41, 5.74) is 4.03. The summed E-state index contributed by atoms with van der Waals surface area (Å²) in [4.78, 5) is 31.5. The van der Waals surface area contributed by atoms with Crippen molar-refractivity contribution in [3.63, 3.8) is 0 Å². The number of likely N-dealkylation sites (tertiary alicyclic amines) is 1. The van der Waals surface area contributed by atoms with Gasteiger partial charge in [0, 0.05) is 31.2 Å². The zero-order chi connectivity index (χ0) is 22.4. The third-order valence-electron chi connectivity index (χ3n) is 6.26. The van der Waals surface area contributed by atoms with Gasteiger partial charge < -0.3 is 20.6 Å². The zero-order valence-electron chi connectivity index (χ0n) is 18.8. The number of benzene rings is 1. The number of hydroxylamine groups is 1. The molecule has 8 heteroatoms. The van der Waals surface area contributed by atoms with Crippen LogP contribution in [-0.2, 0) is 16.2 Å². The Balaban J connectivity index is 1.41. The van der Waals surface area contributed by atoms with E-state index < -0.39 is 6.09 Å². The molecule has 4 atom stereocenters. The molecular formula is C23H36N4O4. The normalized spacial score (nSPS) is 27.0. The second-order valence-corrected chi connectivity index (χ2v) is 9.71. The summed E-state index contributed by atoms with van der Waals surface area (Å²) in [6.45, 7) is 7.76. The van der Waals surface area contributed by atoms with Crippen LogP contribution < -0.4 is 16.1 Å². The highest BCUT2D eigenvalue weighted by molar-refractivity contribution is 5.82. The molecule has 2 unspecified atom stereocenters. The van der Waals surface area contributed by atoms with Gasteiger partial charge in [-0.2, -0.15) is 5.48 Å². The van der Waals surface area contributed by atoms with Crippen molar-refractivity contribution >= 4 is 12.0 Å². The monoisotopic (exact) mass is 432 g/mol. The summed E-state index contributed by atoms with van der Waals surface area (Å²) >= 11 is 0. The number of carbonyl (C=O) groups is 2. The minimum Gasteiger partial charge on any atom is -0.465 e. The van der Waals surface area contributed by atoms with E-state index >= 15 is 0 Å². The van der Waals surface area contributed by atoms with Crippen LogP contribution in [0.2, 0.25) is 0 Å². The minimum absolute atomic E-state index is 0.000760. The van der Waals surface area contributed by atoms with E-state index in [9.17, 15) is 14.7 Å². The van der Waals surface area contributed by atoms with Gasteiger partial charge in [-0.05, 0) is 36.7 Å². The molecule has 3 rings (SSSR count). The number of nitrogens with zero attached hydrogens (tertiary/aromatic N) is 1. The van der Waals surface area contributed by atoms with Gasteiger partial charge in [-0.3, -0.25) is 9.63 Å². The minimum atomic E-state index is -0.883. The first-order chi connectivity index (χ1) is 14.7. The second-order valence-electron chi connectivity index (χ2n) is 9.71. The maximum atomic E-state index is 12.8. The van der Waals surface area contributed by atoms with E-state index in [1.54, 1.807) is 0 Å². The Morgan fingerprint density at radius 1 is 1.16 bits per heavy atom.